The quantitative estimate of drug-likeness (QED) is 0.382. The maximum atomic E-state index is 12.3. The van der Waals surface area contributed by atoms with Crippen molar-refractivity contribution in [1.29, 1.82) is 0 Å². The summed E-state index contributed by atoms with van der Waals surface area (Å²) in [6.07, 6.45) is -1.23. The van der Waals surface area contributed by atoms with Gasteiger partial charge in [0, 0.05) is 25.1 Å². The highest BCUT2D eigenvalue weighted by atomic mass is 16.6. The number of hydrogen-bond donors (Lipinski definition) is 3. The highest BCUT2D eigenvalue weighted by Crippen LogP contribution is 2.30. The number of carbonyl (C=O) groups is 1. The molecule has 0 aromatic carbocycles. The first-order chi connectivity index (χ1) is 13.6. The zero-order chi connectivity index (χ0) is 21.7. The number of aliphatic hydroxyl groups is 1. The van der Waals surface area contributed by atoms with Gasteiger partial charge in [0.05, 0.1) is 6.61 Å². The van der Waals surface area contributed by atoms with Crippen LogP contribution in [0.1, 0.15) is 46.8 Å². The molecule has 1 saturated heterocycles. The minimum absolute atomic E-state index is 0.0304. The van der Waals surface area contributed by atoms with E-state index < -0.39 is 48.0 Å². The average Bonchev–Trinajstić information content (AvgIpc) is 3.00. The van der Waals surface area contributed by atoms with E-state index in [1.807, 2.05) is 27.7 Å². The Labute approximate surface area is 169 Å². The second-order valence-electron chi connectivity index (χ2n) is 8.04. The van der Waals surface area contributed by atoms with Crippen LogP contribution >= 0.6 is 0 Å². The number of ether oxygens (including phenoxy) is 3. The molecule has 10 nitrogen and oxygen atoms in total. The van der Waals surface area contributed by atoms with Crippen LogP contribution in [0.4, 0.5) is 0 Å². The molecule has 0 saturated carbocycles. The molecule has 1 aromatic heterocycles. The Balaban J connectivity index is 2.13. The summed E-state index contributed by atoms with van der Waals surface area (Å²) in [5, 5.41) is 9.97. The minimum atomic E-state index is -0.984. The van der Waals surface area contributed by atoms with E-state index in [0.29, 0.717) is 6.42 Å². The van der Waals surface area contributed by atoms with Crippen LogP contribution in [0.3, 0.4) is 0 Å². The van der Waals surface area contributed by atoms with Crippen molar-refractivity contribution >= 4 is 5.97 Å². The Morgan fingerprint density at radius 1 is 1.38 bits per heavy atom. The Kier molecular flexibility index (Phi) is 8.14. The molecule has 4 N–H and O–H groups in total. The molecule has 1 aromatic rings. The second-order valence-corrected chi connectivity index (χ2v) is 8.04. The zero-order valence-corrected chi connectivity index (χ0v) is 17.2. The highest BCUT2D eigenvalue weighted by molar-refractivity contribution is 5.76. The van der Waals surface area contributed by atoms with Crippen LogP contribution < -0.4 is 17.0 Å². The van der Waals surface area contributed by atoms with Crippen molar-refractivity contribution < 1.29 is 24.1 Å². The average molecular weight is 413 g/mol. The van der Waals surface area contributed by atoms with Gasteiger partial charge in [0.2, 0.25) is 0 Å². The number of carbonyl (C=O) groups excluding carboxylic acids is 1. The first kappa shape index (κ1) is 23.3. The van der Waals surface area contributed by atoms with Crippen LogP contribution in [0.25, 0.3) is 0 Å². The van der Waals surface area contributed by atoms with E-state index in [1.165, 1.54) is 16.8 Å². The third-order valence-corrected chi connectivity index (χ3v) is 4.73. The number of aromatic amines is 1. The summed E-state index contributed by atoms with van der Waals surface area (Å²) in [5.41, 5.74) is 4.71. The summed E-state index contributed by atoms with van der Waals surface area (Å²) >= 11 is 0. The third-order valence-electron chi connectivity index (χ3n) is 4.73. The first-order valence-corrected chi connectivity index (χ1v) is 9.81. The van der Waals surface area contributed by atoms with Crippen LogP contribution in [-0.4, -0.2) is 51.8 Å². The molecule has 5 atom stereocenters. The predicted molar refractivity (Wildman–Crippen MR) is 104 cm³/mol. The molecule has 2 rings (SSSR count). The summed E-state index contributed by atoms with van der Waals surface area (Å²) in [6.45, 7) is 7.49. The van der Waals surface area contributed by atoms with Crippen molar-refractivity contribution in [1.82, 2.24) is 9.55 Å². The van der Waals surface area contributed by atoms with E-state index in [2.05, 4.69) is 4.98 Å². The third kappa shape index (κ3) is 6.49. The van der Waals surface area contributed by atoms with Crippen LogP contribution in [0.15, 0.2) is 21.9 Å². The topological polar surface area (TPSA) is 146 Å². The van der Waals surface area contributed by atoms with Crippen molar-refractivity contribution in [2.24, 2.45) is 17.6 Å². The van der Waals surface area contributed by atoms with E-state index in [-0.39, 0.29) is 24.9 Å². The molecule has 0 bridgehead atoms. The number of rotatable bonds is 9. The van der Waals surface area contributed by atoms with E-state index in [0.717, 1.165) is 0 Å². The SMILES string of the molecule is CC(C)CC(O)OC[C@@H]1O[C@H](n2ccc(=O)[nH]c2=O)C[C@H]1OC(=O)[C@@H](N)C(C)C. The number of aromatic nitrogens is 2. The molecule has 0 amide bonds. The largest absolute Gasteiger partial charge is 0.458 e. The molecule has 2 heterocycles. The standard InChI is InChI=1S/C19H31N3O7/c1-10(2)7-16(24)27-9-13-12(29-18(25)17(20)11(3)4)8-15(28-13)22-6-5-14(23)21-19(22)26/h5-6,10-13,15-17,24H,7-9,20H2,1-4H3,(H,21,23,26)/t12-,13+,15+,16?,17+/m1/s1. The van der Waals surface area contributed by atoms with Gasteiger partial charge in [0.25, 0.3) is 5.56 Å². The second kappa shape index (κ2) is 10.1. The first-order valence-electron chi connectivity index (χ1n) is 9.81. The molecule has 0 radical (unpaired) electrons. The van der Waals surface area contributed by atoms with Gasteiger partial charge in [-0.2, -0.15) is 0 Å². The van der Waals surface area contributed by atoms with E-state index in [1.54, 1.807) is 0 Å². The predicted octanol–water partition coefficient (Wildman–Crippen LogP) is 0.100. The van der Waals surface area contributed by atoms with Gasteiger partial charge in [0.1, 0.15) is 24.5 Å². The van der Waals surface area contributed by atoms with Crippen molar-refractivity contribution in [3.63, 3.8) is 0 Å². The van der Waals surface area contributed by atoms with Crippen LogP contribution in [0.5, 0.6) is 0 Å². The maximum Gasteiger partial charge on any atom is 0.330 e. The van der Waals surface area contributed by atoms with Crippen molar-refractivity contribution in [3.05, 3.63) is 33.1 Å². The summed E-state index contributed by atoms with van der Waals surface area (Å²) in [5.74, 6) is -0.444. The van der Waals surface area contributed by atoms with Gasteiger partial charge in [-0.1, -0.05) is 27.7 Å². The molecule has 1 aliphatic rings. The lowest BCUT2D eigenvalue weighted by Gasteiger charge is -2.23. The summed E-state index contributed by atoms with van der Waals surface area (Å²) in [7, 11) is 0. The van der Waals surface area contributed by atoms with Gasteiger partial charge in [-0.25, -0.2) is 4.79 Å². The van der Waals surface area contributed by atoms with Crippen LogP contribution in [-0.2, 0) is 19.0 Å². The monoisotopic (exact) mass is 413 g/mol. The van der Waals surface area contributed by atoms with Crippen molar-refractivity contribution in [3.8, 4) is 0 Å². The molecule has 1 fully saturated rings. The Bertz CT molecular complexity index is 788. The van der Waals surface area contributed by atoms with Gasteiger partial charge in [-0.3, -0.25) is 19.1 Å². The molecule has 0 spiro atoms. The van der Waals surface area contributed by atoms with Crippen LogP contribution in [0, 0.1) is 11.8 Å². The Morgan fingerprint density at radius 2 is 2.07 bits per heavy atom. The number of aliphatic hydroxyl groups excluding tert-OH is 1. The lowest BCUT2D eigenvalue weighted by Crippen LogP contribution is -2.41. The fourth-order valence-corrected chi connectivity index (χ4v) is 2.98. The van der Waals surface area contributed by atoms with Crippen molar-refractivity contribution in [2.45, 2.75) is 71.3 Å². The van der Waals surface area contributed by atoms with E-state index in [4.69, 9.17) is 19.9 Å². The highest BCUT2D eigenvalue weighted by Gasteiger charge is 2.40. The van der Waals surface area contributed by atoms with Crippen molar-refractivity contribution in [2.75, 3.05) is 6.61 Å². The van der Waals surface area contributed by atoms with Gasteiger partial charge in [-0.05, 0) is 11.8 Å². The minimum Gasteiger partial charge on any atom is -0.458 e. The lowest BCUT2D eigenvalue weighted by atomic mass is 10.1. The number of H-pyrrole nitrogens is 1. The smallest absolute Gasteiger partial charge is 0.330 e. The van der Waals surface area contributed by atoms with Gasteiger partial charge < -0.3 is 25.1 Å². The summed E-state index contributed by atoms with van der Waals surface area (Å²) < 4.78 is 18.1. The number of esters is 1. The fraction of sp³-hybridized carbons (Fsp3) is 0.737. The molecular formula is C19H31N3O7. The number of nitrogens with zero attached hydrogens (tertiary/aromatic N) is 1. The zero-order valence-electron chi connectivity index (χ0n) is 17.2. The molecule has 29 heavy (non-hydrogen) atoms. The van der Waals surface area contributed by atoms with Crippen LogP contribution in [0.2, 0.25) is 0 Å². The molecule has 1 aliphatic heterocycles. The van der Waals surface area contributed by atoms with E-state index in [9.17, 15) is 19.5 Å². The normalized spacial score (nSPS) is 24.1. The number of hydrogen-bond acceptors (Lipinski definition) is 8. The molecule has 1 unspecified atom stereocenters. The Hall–Kier alpha value is -2.01. The lowest BCUT2D eigenvalue weighted by molar-refractivity contribution is -0.167. The van der Waals surface area contributed by atoms with Gasteiger partial charge >= 0.3 is 11.7 Å². The number of nitrogens with one attached hydrogen (secondary N) is 1. The van der Waals surface area contributed by atoms with E-state index >= 15 is 0 Å². The maximum absolute atomic E-state index is 12.3. The molecular weight excluding hydrogens is 382 g/mol. The molecule has 164 valence electrons. The van der Waals surface area contributed by atoms with Gasteiger partial charge in [0.15, 0.2) is 6.29 Å². The summed E-state index contributed by atoms with van der Waals surface area (Å²) in [6, 6.07) is 0.411. The fourth-order valence-electron chi connectivity index (χ4n) is 2.98. The summed E-state index contributed by atoms with van der Waals surface area (Å²) in [4.78, 5) is 37.9. The Morgan fingerprint density at radius 3 is 2.66 bits per heavy atom. The number of nitrogens with two attached hydrogens (primary N) is 1. The van der Waals surface area contributed by atoms with Gasteiger partial charge in [-0.15, -0.1) is 0 Å². The molecule has 10 heteroatoms. The molecule has 0 aliphatic carbocycles.